The Hall–Kier alpha value is -2.35. The summed E-state index contributed by atoms with van der Waals surface area (Å²) in [4.78, 5) is 19.8. The Morgan fingerprint density at radius 3 is 2.92 bits per heavy atom. The number of aliphatic imine (C=N–C) groups is 1. The van der Waals surface area contributed by atoms with Crippen molar-refractivity contribution < 1.29 is 9.21 Å². The summed E-state index contributed by atoms with van der Waals surface area (Å²) in [6.07, 6.45) is 6.50. The van der Waals surface area contributed by atoms with Crippen LogP contribution < -0.4 is 16.4 Å². The number of aromatic nitrogens is 1. The van der Waals surface area contributed by atoms with Crippen LogP contribution in [0.1, 0.15) is 44.8 Å². The largest absolute Gasteiger partial charge is 0.458 e. The molecule has 140 valence electrons. The highest BCUT2D eigenvalue weighted by Crippen LogP contribution is 2.28. The van der Waals surface area contributed by atoms with E-state index in [-0.39, 0.29) is 5.91 Å². The lowest BCUT2D eigenvalue weighted by molar-refractivity contribution is -0.119. The SMILES string of the molecule is CC(=O)NCc1ccc(-c2csc(N=C(N)NCC3CCCCC3)n2)o1. The van der Waals surface area contributed by atoms with Crippen molar-refractivity contribution in [2.24, 2.45) is 16.6 Å². The molecule has 26 heavy (non-hydrogen) atoms. The van der Waals surface area contributed by atoms with E-state index in [1.807, 2.05) is 17.5 Å². The van der Waals surface area contributed by atoms with Gasteiger partial charge in [0.05, 0.1) is 6.54 Å². The van der Waals surface area contributed by atoms with Gasteiger partial charge in [-0.3, -0.25) is 4.79 Å². The van der Waals surface area contributed by atoms with E-state index in [4.69, 9.17) is 10.2 Å². The third-order valence-electron chi connectivity index (χ3n) is 4.43. The van der Waals surface area contributed by atoms with Crippen molar-refractivity contribution >= 4 is 28.3 Å². The highest BCUT2D eigenvalue weighted by Gasteiger charge is 2.13. The lowest BCUT2D eigenvalue weighted by Gasteiger charge is -2.21. The van der Waals surface area contributed by atoms with Crippen LogP contribution in [-0.4, -0.2) is 23.4 Å². The monoisotopic (exact) mass is 375 g/mol. The first kappa shape index (κ1) is 18.4. The molecule has 8 heteroatoms. The molecular weight excluding hydrogens is 350 g/mol. The predicted octanol–water partition coefficient (Wildman–Crippen LogP) is 3.16. The standard InChI is InChI=1S/C18H25N5O2S/c1-12(24)20-10-14-7-8-16(25-14)15-11-26-18(22-15)23-17(19)21-9-13-5-3-2-4-6-13/h7-8,11,13H,2-6,9-10H2,1H3,(H,20,24)(H3,19,21,22,23). The molecule has 0 bridgehead atoms. The number of amides is 1. The number of thiazole rings is 1. The molecule has 1 amide bonds. The lowest BCUT2D eigenvalue weighted by Crippen LogP contribution is -2.35. The fourth-order valence-corrected chi connectivity index (χ4v) is 3.72. The highest BCUT2D eigenvalue weighted by atomic mass is 32.1. The van der Waals surface area contributed by atoms with Crippen LogP contribution in [0.25, 0.3) is 11.5 Å². The first-order valence-corrected chi connectivity index (χ1v) is 9.85. The van der Waals surface area contributed by atoms with Gasteiger partial charge < -0.3 is 20.8 Å². The van der Waals surface area contributed by atoms with Crippen LogP contribution in [0.5, 0.6) is 0 Å². The third kappa shape index (κ3) is 5.32. The summed E-state index contributed by atoms with van der Waals surface area (Å²) in [7, 11) is 0. The fraction of sp³-hybridized carbons (Fsp3) is 0.500. The molecule has 1 aliphatic rings. The van der Waals surface area contributed by atoms with Crippen molar-refractivity contribution in [2.45, 2.75) is 45.6 Å². The van der Waals surface area contributed by atoms with E-state index in [0.29, 0.717) is 40.8 Å². The first-order valence-electron chi connectivity index (χ1n) is 8.97. The molecule has 0 aliphatic heterocycles. The predicted molar refractivity (Wildman–Crippen MR) is 103 cm³/mol. The summed E-state index contributed by atoms with van der Waals surface area (Å²) in [6, 6.07) is 3.66. The maximum absolute atomic E-state index is 11.0. The number of carbonyl (C=O) groups is 1. The van der Waals surface area contributed by atoms with Gasteiger partial charge in [0.15, 0.2) is 11.7 Å². The zero-order valence-electron chi connectivity index (χ0n) is 15.0. The van der Waals surface area contributed by atoms with Crippen molar-refractivity contribution in [2.75, 3.05) is 6.54 Å². The van der Waals surface area contributed by atoms with Gasteiger partial charge >= 0.3 is 0 Å². The summed E-state index contributed by atoms with van der Waals surface area (Å²) in [5.41, 5.74) is 6.70. The van der Waals surface area contributed by atoms with Crippen LogP contribution >= 0.6 is 11.3 Å². The molecule has 0 saturated heterocycles. The Labute approximate surface area is 157 Å². The number of hydrogen-bond donors (Lipinski definition) is 3. The van der Waals surface area contributed by atoms with E-state index in [0.717, 1.165) is 6.54 Å². The molecule has 4 N–H and O–H groups in total. The van der Waals surface area contributed by atoms with Crippen molar-refractivity contribution in [3.05, 3.63) is 23.3 Å². The summed E-state index contributed by atoms with van der Waals surface area (Å²) in [6.45, 7) is 2.71. The second kappa shape index (κ2) is 8.84. The molecule has 2 aromatic rings. The number of hydrogen-bond acceptors (Lipinski definition) is 5. The zero-order chi connectivity index (χ0) is 18.4. The minimum atomic E-state index is -0.0931. The highest BCUT2D eigenvalue weighted by molar-refractivity contribution is 7.13. The summed E-state index contributed by atoms with van der Waals surface area (Å²) < 4.78 is 5.70. The Kier molecular flexibility index (Phi) is 6.27. The molecule has 7 nitrogen and oxygen atoms in total. The maximum atomic E-state index is 11.0. The Balaban J connectivity index is 1.55. The lowest BCUT2D eigenvalue weighted by atomic mass is 9.89. The van der Waals surface area contributed by atoms with Gasteiger partial charge in [0.2, 0.25) is 11.0 Å². The number of nitrogens with one attached hydrogen (secondary N) is 2. The normalized spacial score (nSPS) is 15.8. The van der Waals surface area contributed by atoms with Gasteiger partial charge in [0.25, 0.3) is 0 Å². The summed E-state index contributed by atoms with van der Waals surface area (Å²) >= 11 is 1.41. The van der Waals surface area contributed by atoms with E-state index >= 15 is 0 Å². The zero-order valence-corrected chi connectivity index (χ0v) is 15.8. The third-order valence-corrected chi connectivity index (χ3v) is 5.16. The molecule has 0 aromatic carbocycles. The molecule has 1 fully saturated rings. The van der Waals surface area contributed by atoms with Gasteiger partial charge in [0.1, 0.15) is 11.5 Å². The van der Waals surface area contributed by atoms with Gasteiger partial charge in [-0.05, 0) is 30.9 Å². The molecule has 2 heterocycles. The summed E-state index contributed by atoms with van der Waals surface area (Å²) in [5.74, 6) is 2.33. The molecule has 3 rings (SSSR count). The van der Waals surface area contributed by atoms with Crippen LogP contribution in [0, 0.1) is 5.92 Å². The van der Waals surface area contributed by atoms with Gasteiger partial charge in [0, 0.05) is 18.8 Å². The van der Waals surface area contributed by atoms with Crippen molar-refractivity contribution in [1.29, 1.82) is 0 Å². The van der Waals surface area contributed by atoms with E-state index in [1.54, 1.807) is 0 Å². The van der Waals surface area contributed by atoms with E-state index < -0.39 is 0 Å². The Morgan fingerprint density at radius 1 is 1.35 bits per heavy atom. The quantitative estimate of drug-likeness (QED) is 0.531. The van der Waals surface area contributed by atoms with Crippen LogP contribution in [0.4, 0.5) is 5.13 Å². The number of carbonyl (C=O) groups excluding carboxylic acids is 1. The van der Waals surface area contributed by atoms with Crippen LogP contribution in [0.2, 0.25) is 0 Å². The number of guanidine groups is 1. The average molecular weight is 375 g/mol. The molecule has 1 aliphatic carbocycles. The van der Waals surface area contributed by atoms with E-state index in [1.165, 1.54) is 50.4 Å². The average Bonchev–Trinajstić information content (AvgIpc) is 3.28. The smallest absolute Gasteiger partial charge is 0.217 e. The second-order valence-electron chi connectivity index (χ2n) is 6.57. The number of rotatable bonds is 6. The molecule has 0 unspecified atom stereocenters. The maximum Gasteiger partial charge on any atom is 0.217 e. The van der Waals surface area contributed by atoms with Gasteiger partial charge in [-0.1, -0.05) is 19.3 Å². The summed E-state index contributed by atoms with van der Waals surface area (Å²) in [5, 5.41) is 8.39. The topological polar surface area (TPSA) is 106 Å². The number of nitrogens with two attached hydrogens (primary N) is 1. The molecular formula is C18H25N5O2S. The van der Waals surface area contributed by atoms with Crippen LogP contribution in [0.15, 0.2) is 26.9 Å². The Morgan fingerprint density at radius 2 is 2.15 bits per heavy atom. The molecule has 0 atom stereocenters. The number of furan rings is 1. The van der Waals surface area contributed by atoms with Crippen molar-refractivity contribution in [3.63, 3.8) is 0 Å². The first-order chi connectivity index (χ1) is 12.6. The van der Waals surface area contributed by atoms with Gasteiger partial charge in [-0.25, -0.2) is 4.98 Å². The minimum absolute atomic E-state index is 0.0931. The van der Waals surface area contributed by atoms with E-state index in [9.17, 15) is 4.79 Å². The second-order valence-corrected chi connectivity index (χ2v) is 7.41. The number of nitrogens with zero attached hydrogens (tertiary/aromatic N) is 2. The Bertz CT molecular complexity index is 761. The van der Waals surface area contributed by atoms with Gasteiger partial charge in [-0.15, -0.1) is 11.3 Å². The minimum Gasteiger partial charge on any atom is -0.458 e. The van der Waals surface area contributed by atoms with E-state index in [2.05, 4.69) is 20.6 Å². The molecule has 2 aromatic heterocycles. The van der Waals surface area contributed by atoms with Crippen LogP contribution in [0.3, 0.4) is 0 Å². The van der Waals surface area contributed by atoms with Crippen molar-refractivity contribution in [1.82, 2.24) is 15.6 Å². The fourth-order valence-electron chi connectivity index (χ4n) is 3.03. The van der Waals surface area contributed by atoms with Gasteiger partial charge in [-0.2, -0.15) is 4.99 Å². The van der Waals surface area contributed by atoms with Crippen molar-refractivity contribution in [3.8, 4) is 11.5 Å². The molecule has 0 spiro atoms. The molecule has 0 radical (unpaired) electrons. The molecule has 1 saturated carbocycles. The van der Waals surface area contributed by atoms with Crippen LogP contribution in [-0.2, 0) is 11.3 Å².